The molecule has 8 heteroatoms. The standard InChI is InChI=1S/C27H28F5N3/c1-25(29,27(30,31)32)20-6-9-22-19(15-20)5-10-23-26(22,16-18-3-7-21(28)8-4-18)11-13-35(23)17-24-33-12-14-34(24)2/h3-4,6-9,12,14-15,23H,5,10-11,13,16-17H2,1-2H3/t23-,25?,26-/m1/s1. The molecule has 2 aromatic carbocycles. The molecule has 1 fully saturated rings. The van der Waals surface area contributed by atoms with Crippen LogP contribution in [0.15, 0.2) is 54.9 Å². The van der Waals surface area contributed by atoms with Gasteiger partial charge in [-0.05, 0) is 73.5 Å². The van der Waals surface area contributed by atoms with Crippen LogP contribution in [0.25, 0.3) is 0 Å². The average molecular weight is 490 g/mol. The Hall–Kier alpha value is -2.74. The van der Waals surface area contributed by atoms with Crippen LogP contribution in [0.4, 0.5) is 22.0 Å². The number of alkyl halides is 4. The summed E-state index contributed by atoms with van der Waals surface area (Å²) in [6.45, 7) is 2.06. The number of benzene rings is 2. The molecule has 2 aliphatic rings. The van der Waals surface area contributed by atoms with E-state index in [1.54, 1.807) is 24.4 Å². The molecule has 1 saturated heterocycles. The van der Waals surface area contributed by atoms with Crippen LogP contribution in [-0.2, 0) is 37.5 Å². The van der Waals surface area contributed by atoms with E-state index in [1.807, 2.05) is 17.8 Å². The third-order valence-corrected chi connectivity index (χ3v) is 8.03. The second-order valence-corrected chi connectivity index (χ2v) is 10.1. The van der Waals surface area contributed by atoms with Crippen molar-refractivity contribution in [3.8, 4) is 0 Å². The molecule has 3 atom stereocenters. The number of rotatable bonds is 5. The molecule has 0 radical (unpaired) electrons. The minimum Gasteiger partial charge on any atom is -0.337 e. The highest BCUT2D eigenvalue weighted by Crippen LogP contribution is 2.51. The van der Waals surface area contributed by atoms with E-state index < -0.39 is 11.8 Å². The monoisotopic (exact) mass is 489 g/mol. The van der Waals surface area contributed by atoms with Crippen LogP contribution in [0.1, 0.15) is 47.8 Å². The van der Waals surface area contributed by atoms with E-state index in [1.165, 1.54) is 24.3 Å². The van der Waals surface area contributed by atoms with Gasteiger partial charge in [0.1, 0.15) is 11.6 Å². The zero-order valence-corrected chi connectivity index (χ0v) is 19.7. The summed E-state index contributed by atoms with van der Waals surface area (Å²) in [7, 11) is 1.95. The van der Waals surface area contributed by atoms with E-state index in [0.717, 1.165) is 41.9 Å². The number of nitrogens with zero attached hydrogens (tertiary/aromatic N) is 3. The fourth-order valence-corrected chi connectivity index (χ4v) is 6.01. The summed E-state index contributed by atoms with van der Waals surface area (Å²) in [6.07, 6.45) is 1.44. The fraction of sp³-hybridized carbons (Fsp3) is 0.444. The molecule has 1 unspecified atom stereocenters. The number of imidazole rings is 1. The zero-order chi connectivity index (χ0) is 25.0. The van der Waals surface area contributed by atoms with Crippen LogP contribution in [0, 0.1) is 5.82 Å². The molecule has 35 heavy (non-hydrogen) atoms. The molecule has 1 aliphatic carbocycles. The zero-order valence-electron chi connectivity index (χ0n) is 19.7. The maximum Gasteiger partial charge on any atom is 0.426 e. The van der Waals surface area contributed by atoms with Gasteiger partial charge < -0.3 is 4.57 Å². The van der Waals surface area contributed by atoms with Crippen molar-refractivity contribution in [2.75, 3.05) is 6.54 Å². The Morgan fingerprint density at radius 2 is 1.83 bits per heavy atom. The van der Waals surface area contributed by atoms with Gasteiger partial charge >= 0.3 is 6.18 Å². The highest BCUT2D eigenvalue weighted by molar-refractivity contribution is 5.46. The molecule has 2 heterocycles. The van der Waals surface area contributed by atoms with Crippen molar-refractivity contribution < 1.29 is 22.0 Å². The lowest BCUT2D eigenvalue weighted by Crippen LogP contribution is -2.47. The Morgan fingerprint density at radius 1 is 1.09 bits per heavy atom. The van der Waals surface area contributed by atoms with Gasteiger partial charge in [0.15, 0.2) is 0 Å². The Balaban J connectivity index is 1.56. The van der Waals surface area contributed by atoms with Crippen molar-refractivity contribution in [1.82, 2.24) is 14.5 Å². The van der Waals surface area contributed by atoms with Crippen LogP contribution in [0.2, 0.25) is 0 Å². The summed E-state index contributed by atoms with van der Waals surface area (Å²) < 4.78 is 70.6. The third kappa shape index (κ3) is 4.05. The molecule has 0 amide bonds. The van der Waals surface area contributed by atoms with Crippen molar-refractivity contribution in [2.45, 2.75) is 62.5 Å². The number of aromatic nitrogens is 2. The van der Waals surface area contributed by atoms with Gasteiger partial charge in [0, 0.05) is 30.9 Å². The van der Waals surface area contributed by atoms with Gasteiger partial charge in [-0.1, -0.05) is 30.3 Å². The minimum atomic E-state index is -4.99. The first kappa shape index (κ1) is 24.0. The predicted octanol–water partition coefficient (Wildman–Crippen LogP) is 6.01. The number of hydrogen-bond acceptors (Lipinski definition) is 2. The van der Waals surface area contributed by atoms with E-state index in [2.05, 4.69) is 9.88 Å². The second kappa shape index (κ2) is 8.43. The number of hydrogen-bond donors (Lipinski definition) is 0. The summed E-state index contributed by atoms with van der Waals surface area (Å²) in [5.74, 6) is 0.635. The van der Waals surface area contributed by atoms with E-state index >= 15 is 0 Å². The van der Waals surface area contributed by atoms with Gasteiger partial charge in [-0.2, -0.15) is 13.2 Å². The predicted molar refractivity (Wildman–Crippen MR) is 123 cm³/mol. The number of halogens is 5. The quantitative estimate of drug-likeness (QED) is 0.410. The van der Waals surface area contributed by atoms with Gasteiger partial charge in [0.05, 0.1) is 6.54 Å². The SMILES string of the molecule is Cn1ccnc1CN1CC[C@@]2(Cc3ccc(F)cc3)c3ccc(C(C)(F)C(F)(F)F)cc3CC[C@@H]12. The maximum atomic E-state index is 14.8. The third-order valence-electron chi connectivity index (χ3n) is 8.03. The average Bonchev–Trinajstić information content (AvgIpc) is 3.38. The lowest BCUT2D eigenvalue weighted by atomic mass is 9.63. The Bertz CT molecular complexity index is 1210. The molecule has 5 rings (SSSR count). The molecule has 3 nitrogen and oxygen atoms in total. The lowest BCUT2D eigenvalue weighted by molar-refractivity contribution is -0.228. The van der Waals surface area contributed by atoms with Crippen LogP contribution >= 0.6 is 0 Å². The first-order valence-electron chi connectivity index (χ1n) is 11.9. The molecule has 186 valence electrons. The van der Waals surface area contributed by atoms with E-state index in [4.69, 9.17) is 0 Å². The molecule has 0 bridgehead atoms. The summed E-state index contributed by atoms with van der Waals surface area (Å²) >= 11 is 0. The number of likely N-dealkylation sites (tertiary alicyclic amines) is 1. The number of aryl methyl sites for hydroxylation is 2. The van der Waals surface area contributed by atoms with Gasteiger partial charge in [-0.25, -0.2) is 13.8 Å². The maximum absolute atomic E-state index is 14.8. The van der Waals surface area contributed by atoms with Crippen molar-refractivity contribution in [3.05, 3.63) is 88.8 Å². The van der Waals surface area contributed by atoms with Gasteiger partial charge in [0.25, 0.3) is 0 Å². The fourth-order valence-electron chi connectivity index (χ4n) is 6.01. The molecule has 0 N–H and O–H groups in total. The lowest BCUT2D eigenvalue weighted by Gasteiger charge is -2.44. The van der Waals surface area contributed by atoms with E-state index in [0.29, 0.717) is 26.3 Å². The summed E-state index contributed by atoms with van der Waals surface area (Å²) in [5.41, 5.74) is -1.42. The van der Waals surface area contributed by atoms with Crippen LogP contribution in [0.3, 0.4) is 0 Å². The first-order chi connectivity index (χ1) is 16.5. The van der Waals surface area contributed by atoms with Crippen molar-refractivity contribution >= 4 is 0 Å². The molecule has 0 saturated carbocycles. The molecular formula is C27H28F5N3. The smallest absolute Gasteiger partial charge is 0.337 e. The van der Waals surface area contributed by atoms with Crippen LogP contribution in [-0.4, -0.2) is 33.2 Å². The van der Waals surface area contributed by atoms with Gasteiger partial charge in [0.2, 0.25) is 5.67 Å². The van der Waals surface area contributed by atoms with Gasteiger partial charge in [-0.3, -0.25) is 4.90 Å². The highest BCUT2D eigenvalue weighted by Gasteiger charge is 2.55. The molecule has 1 aliphatic heterocycles. The molecular weight excluding hydrogens is 461 g/mol. The Labute approximate surface area is 201 Å². The van der Waals surface area contributed by atoms with Crippen LogP contribution in [0.5, 0.6) is 0 Å². The summed E-state index contributed by atoms with van der Waals surface area (Å²) in [6, 6.07) is 11.0. The molecule has 1 aromatic heterocycles. The Kier molecular flexibility index (Phi) is 5.78. The highest BCUT2D eigenvalue weighted by atomic mass is 19.4. The normalized spacial score (nSPS) is 24.1. The summed E-state index contributed by atoms with van der Waals surface area (Å²) in [4.78, 5) is 6.87. The molecule has 3 aromatic rings. The largest absolute Gasteiger partial charge is 0.426 e. The Morgan fingerprint density at radius 3 is 2.49 bits per heavy atom. The second-order valence-electron chi connectivity index (χ2n) is 10.1. The minimum absolute atomic E-state index is 0.141. The van der Waals surface area contributed by atoms with Crippen molar-refractivity contribution in [2.24, 2.45) is 7.05 Å². The van der Waals surface area contributed by atoms with E-state index in [9.17, 15) is 22.0 Å². The van der Waals surface area contributed by atoms with Crippen molar-refractivity contribution in [3.63, 3.8) is 0 Å². The van der Waals surface area contributed by atoms with Crippen LogP contribution < -0.4 is 0 Å². The van der Waals surface area contributed by atoms with E-state index in [-0.39, 0.29) is 22.8 Å². The van der Waals surface area contributed by atoms with Crippen molar-refractivity contribution in [1.29, 1.82) is 0 Å². The summed E-state index contributed by atoms with van der Waals surface area (Å²) in [5, 5.41) is 0. The number of fused-ring (bicyclic) bond motifs is 3. The topological polar surface area (TPSA) is 21.1 Å². The van der Waals surface area contributed by atoms with Gasteiger partial charge in [-0.15, -0.1) is 0 Å². The molecule has 0 spiro atoms. The first-order valence-corrected chi connectivity index (χ1v) is 11.9.